The van der Waals surface area contributed by atoms with E-state index in [1.165, 1.54) is 0 Å². The highest BCUT2D eigenvalue weighted by atomic mass is 16.4. The van der Waals surface area contributed by atoms with Gasteiger partial charge in [-0.15, -0.1) is 0 Å². The van der Waals surface area contributed by atoms with Crippen molar-refractivity contribution in [2.45, 2.75) is 50.4 Å². The lowest BCUT2D eigenvalue weighted by molar-refractivity contribution is -0.165. The molecule has 0 saturated heterocycles. The molecule has 15 heteroatoms. The first-order chi connectivity index (χ1) is 13.1. The Hall–Kier alpha value is -3.30. The summed E-state index contributed by atoms with van der Waals surface area (Å²) in [6, 6.07) is 0. The van der Waals surface area contributed by atoms with Gasteiger partial charge in [0.25, 0.3) is 0 Å². The molecule has 3 unspecified atom stereocenters. The molecule has 0 aliphatic heterocycles. The summed E-state index contributed by atoms with van der Waals surface area (Å²) in [6.45, 7) is 0. The second-order valence-corrected chi connectivity index (χ2v) is 5.01. The summed E-state index contributed by atoms with van der Waals surface area (Å²) >= 11 is 0. The van der Waals surface area contributed by atoms with Gasteiger partial charge in [0.2, 0.25) is 0 Å². The van der Waals surface area contributed by atoms with Gasteiger partial charge in [-0.05, 0) is 12.8 Å². The number of unbranched alkanes of at least 4 members (excludes halogenated alkanes) is 1. The van der Waals surface area contributed by atoms with Gasteiger partial charge < -0.3 is 46.0 Å². The summed E-state index contributed by atoms with van der Waals surface area (Å²) in [6.07, 6.45) is -6.06. The molecule has 0 fully saturated rings. The molecule has 0 aromatic rings. The SMILES string of the molecule is O=C(O)C(O)C(O)C(=O)O.O=C(O)CC(O)C(=O)O.O=C(O)CCCCC(=O)O. The van der Waals surface area contributed by atoms with Crippen LogP contribution in [0.1, 0.15) is 32.1 Å². The van der Waals surface area contributed by atoms with Gasteiger partial charge in [-0.3, -0.25) is 14.4 Å². The van der Waals surface area contributed by atoms with Gasteiger partial charge >= 0.3 is 35.8 Å². The van der Waals surface area contributed by atoms with E-state index in [0.717, 1.165) is 0 Å². The first-order valence-electron chi connectivity index (χ1n) is 7.51. The van der Waals surface area contributed by atoms with Gasteiger partial charge in [-0.1, -0.05) is 0 Å². The number of aliphatic carboxylic acids is 6. The first-order valence-corrected chi connectivity index (χ1v) is 7.51. The van der Waals surface area contributed by atoms with E-state index in [9.17, 15) is 28.8 Å². The average Bonchev–Trinajstić information content (AvgIpc) is 2.57. The zero-order valence-electron chi connectivity index (χ0n) is 14.7. The molecule has 3 atom stereocenters. The van der Waals surface area contributed by atoms with Gasteiger partial charge in [-0.25, -0.2) is 14.4 Å². The molecule has 0 amide bonds. The largest absolute Gasteiger partial charge is 0.481 e. The topological polar surface area (TPSA) is 284 Å². The van der Waals surface area contributed by atoms with Crippen LogP contribution in [0.3, 0.4) is 0 Å². The lowest BCUT2D eigenvalue weighted by Gasteiger charge is -2.07. The van der Waals surface area contributed by atoms with Crippen LogP contribution >= 0.6 is 0 Å². The van der Waals surface area contributed by atoms with Crippen LogP contribution in [-0.2, 0) is 28.8 Å². The Morgan fingerprint density at radius 3 is 0.966 bits per heavy atom. The Kier molecular flexibility index (Phi) is 17.7. The van der Waals surface area contributed by atoms with Crippen LogP contribution in [0, 0.1) is 0 Å². The number of carboxylic acid groups (broad SMARTS) is 6. The molecular weight excluding hydrogens is 408 g/mol. The molecule has 0 rings (SSSR count). The third-order valence-corrected chi connectivity index (χ3v) is 2.49. The summed E-state index contributed by atoms with van der Waals surface area (Å²) < 4.78 is 0. The van der Waals surface area contributed by atoms with Crippen molar-refractivity contribution in [1.29, 1.82) is 0 Å². The Balaban J connectivity index is -0.000000350. The Morgan fingerprint density at radius 1 is 0.517 bits per heavy atom. The Morgan fingerprint density at radius 2 is 0.828 bits per heavy atom. The Labute approximate surface area is 162 Å². The zero-order valence-corrected chi connectivity index (χ0v) is 14.7. The van der Waals surface area contributed by atoms with Crippen molar-refractivity contribution < 1.29 is 74.7 Å². The van der Waals surface area contributed by atoms with E-state index in [4.69, 9.17) is 46.0 Å². The van der Waals surface area contributed by atoms with Crippen molar-refractivity contribution in [2.24, 2.45) is 0 Å². The van der Waals surface area contributed by atoms with Crippen molar-refractivity contribution >= 4 is 35.8 Å². The highest BCUT2D eigenvalue weighted by molar-refractivity contribution is 5.83. The van der Waals surface area contributed by atoms with Crippen molar-refractivity contribution in [1.82, 2.24) is 0 Å². The van der Waals surface area contributed by atoms with Crippen LogP contribution in [-0.4, -0.2) is 100 Å². The monoisotopic (exact) mass is 430 g/mol. The highest BCUT2D eigenvalue weighted by Gasteiger charge is 2.29. The maximum Gasteiger partial charge on any atom is 0.335 e. The maximum absolute atomic E-state index is 9.90. The van der Waals surface area contributed by atoms with Crippen LogP contribution in [0.15, 0.2) is 0 Å². The number of rotatable bonds is 11. The second-order valence-electron chi connectivity index (χ2n) is 5.01. The fourth-order valence-corrected chi connectivity index (χ4v) is 1.08. The quantitative estimate of drug-likeness (QED) is 0.153. The average molecular weight is 430 g/mol. The minimum atomic E-state index is -2.27. The first kappa shape index (κ1) is 30.4. The maximum atomic E-state index is 9.90. The van der Waals surface area contributed by atoms with Gasteiger partial charge in [0.1, 0.15) is 0 Å². The van der Waals surface area contributed by atoms with Crippen molar-refractivity contribution in [3.05, 3.63) is 0 Å². The van der Waals surface area contributed by atoms with E-state index in [1.54, 1.807) is 0 Å². The molecule has 0 saturated carbocycles. The zero-order chi connectivity index (χ0) is 23.7. The van der Waals surface area contributed by atoms with Crippen molar-refractivity contribution in [2.75, 3.05) is 0 Å². The normalized spacial score (nSPS) is 12.5. The van der Waals surface area contributed by atoms with E-state index in [2.05, 4.69) is 0 Å². The summed E-state index contributed by atoms with van der Waals surface area (Å²) in [4.78, 5) is 58.7. The molecule has 0 radical (unpaired) electrons. The van der Waals surface area contributed by atoms with E-state index >= 15 is 0 Å². The standard InChI is InChI=1S/C6H10O4.C4H6O6.C4H6O5/c7-5(8)3-1-2-4-6(9)10;5-1(3(7)8)2(6)4(9)10;5-2(4(8)9)1-3(6)7/h1-4H2,(H,7,8)(H,9,10);1-2,5-6H,(H,7,8)(H,9,10);2,5H,1H2,(H,6,7)(H,8,9). The predicted molar refractivity (Wildman–Crippen MR) is 86.9 cm³/mol. The van der Waals surface area contributed by atoms with E-state index < -0.39 is 60.5 Å². The number of carboxylic acids is 6. The summed E-state index contributed by atoms with van der Waals surface area (Å²) in [7, 11) is 0. The molecule has 0 aromatic carbocycles. The second kappa shape index (κ2) is 16.8. The lowest BCUT2D eigenvalue weighted by Crippen LogP contribution is -2.39. The molecule has 0 spiro atoms. The molecule has 9 N–H and O–H groups in total. The molecule has 0 heterocycles. The minimum absolute atomic E-state index is 0.0628. The molecule has 15 nitrogen and oxygen atoms in total. The van der Waals surface area contributed by atoms with Crippen molar-refractivity contribution in [3.63, 3.8) is 0 Å². The molecule has 0 aliphatic rings. The molecule has 0 bridgehead atoms. The minimum Gasteiger partial charge on any atom is -0.481 e. The van der Waals surface area contributed by atoms with Crippen molar-refractivity contribution in [3.8, 4) is 0 Å². The number of carbonyl (C=O) groups is 6. The number of aliphatic hydroxyl groups is 3. The molecule has 168 valence electrons. The van der Waals surface area contributed by atoms with Gasteiger partial charge in [0, 0.05) is 12.8 Å². The summed E-state index contributed by atoms with van der Waals surface area (Å²) in [5.41, 5.74) is 0. The molecular formula is C14H22O15. The Bertz CT molecular complexity index is 535. The summed E-state index contributed by atoms with van der Waals surface area (Å²) in [5, 5.41) is 72.9. The molecule has 29 heavy (non-hydrogen) atoms. The third-order valence-electron chi connectivity index (χ3n) is 2.49. The van der Waals surface area contributed by atoms with Crippen LogP contribution in [0.2, 0.25) is 0 Å². The van der Waals surface area contributed by atoms with Gasteiger partial charge in [0.15, 0.2) is 18.3 Å². The van der Waals surface area contributed by atoms with Crippen LogP contribution in [0.4, 0.5) is 0 Å². The predicted octanol–water partition coefficient (Wildman–Crippen LogP) is -2.50. The van der Waals surface area contributed by atoms with Gasteiger partial charge in [-0.2, -0.15) is 0 Å². The summed E-state index contributed by atoms with van der Waals surface area (Å²) in [5.74, 6) is -8.12. The van der Waals surface area contributed by atoms with Crippen LogP contribution in [0.5, 0.6) is 0 Å². The fourth-order valence-electron chi connectivity index (χ4n) is 1.08. The number of aliphatic hydroxyl groups excluding tert-OH is 3. The van der Waals surface area contributed by atoms with E-state index in [-0.39, 0.29) is 12.8 Å². The van der Waals surface area contributed by atoms with E-state index in [0.29, 0.717) is 12.8 Å². The third kappa shape index (κ3) is 22.7. The molecule has 0 aromatic heterocycles. The van der Waals surface area contributed by atoms with E-state index in [1.807, 2.05) is 0 Å². The smallest absolute Gasteiger partial charge is 0.335 e. The number of hydrogen-bond acceptors (Lipinski definition) is 9. The highest BCUT2D eigenvalue weighted by Crippen LogP contribution is 1.98. The van der Waals surface area contributed by atoms with Crippen LogP contribution in [0.25, 0.3) is 0 Å². The molecule has 0 aliphatic carbocycles. The lowest BCUT2D eigenvalue weighted by atomic mass is 10.2. The van der Waals surface area contributed by atoms with Crippen LogP contribution < -0.4 is 0 Å². The fraction of sp³-hybridized carbons (Fsp3) is 0.571. The van der Waals surface area contributed by atoms with Gasteiger partial charge in [0.05, 0.1) is 6.42 Å². The number of hydrogen-bond donors (Lipinski definition) is 9.